The summed E-state index contributed by atoms with van der Waals surface area (Å²) < 4.78 is 0. The highest BCUT2D eigenvalue weighted by atomic mass is 35.5. The number of hydrogen-bond acceptors (Lipinski definition) is 3. The number of nitrogens with two attached hydrogens (primary N) is 1. The number of nitrogens with one attached hydrogen (secondary N) is 1. The first kappa shape index (κ1) is 24.4. The number of pyridine rings is 1. The van der Waals surface area contributed by atoms with Gasteiger partial charge in [-0.25, -0.2) is 0 Å². The zero-order valence-corrected chi connectivity index (χ0v) is 18.2. The maximum Gasteiger partial charge on any atom is 0.223 e. The molecule has 0 atom stereocenters. The molecule has 0 radical (unpaired) electrons. The minimum absolute atomic E-state index is 0. The van der Waals surface area contributed by atoms with Crippen LogP contribution in [0, 0.1) is 5.41 Å². The summed E-state index contributed by atoms with van der Waals surface area (Å²) in [6, 6.07) is 11.1. The van der Waals surface area contributed by atoms with Crippen molar-refractivity contribution in [1.29, 1.82) is 0 Å². The van der Waals surface area contributed by atoms with Gasteiger partial charge in [0.1, 0.15) is 0 Å². The average Bonchev–Trinajstić information content (AvgIpc) is 2.69. The van der Waals surface area contributed by atoms with Gasteiger partial charge >= 0.3 is 0 Å². The van der Waals surface area contributed by atoms with E-state index in [-0.39, 0.29) is 30.7 Å². The Bertz CT molecular complexity index is 760. The van der Waals surface area contributed by atoms with Crippen molar-refractivity contribution in [2.24, 2.45) is 11.1 Å². The van der Waals surface area contributed by atoms with E-state index in [2.05, 4.69) is 35.4 Å². The molecule has 1 heterocycles. The monoisotopic (exact) mass is 423 g/mol. The number of aryl methyl sites for hydroxylation is 1. The van der Waals surface area contributed by atoms with Gasteiger partial charge in [-0.2, -0.15) is 0 Å². The van der Waals surface area contributed by atoms with Crippen LogP contribution in [0.4, 0.5) is 0 Å². The first-order valence-corrected chi connectivity index (χ1v) is 9.57. The number of benzene rings is 1. The van der Waals surface area contributed by atoms with Crippen LogP contribution in [0.5, 0.6) is 0 Å². The van der Waals surface area contributed by atoms with Crippen molar-refractivity contribution in [1.82, 2.24) is 10.3 Å². The molecule has 0 unspecified atom stereocenters. The Morgan fingerprint density at radius 3 is 2.29 bits per heavy atom. The number of carbonyl (C=O) groups excluding carboxylic acids is 1. The Balaban J connectivity index is 0.00000196. The van der Waals surface area contributed by atoms with E-state index in [0.717, 1.165) is 44.1 Å². The average molecular weight is 424 g/mol. The molecule has 28 heavy (non-hydrogen) atoms. The van der Waals surface area contributed by atoms with E-state index < -0.39 is 5.41 Å². The van der Waals surface area contributed by atoms with Gasteiger partial charge in [-0.3, -0.25) is 9.78 Å². The summed E-state index contributed by atoms with van der Waals surface area (Å²) in [6.07, 6.45) is 9.04. The van der Waals surface area contributed by atoms with Crippen LogP contribution in [-0.4, -0.2) is 24.0 Å². The van der Waals surface area contributed by atoms with Gasteiger partial charge in [-0.1, -0.05) is 25.1 Å². The molecule has 1 aromatic carbocycles. The summed E-state index contributed by atoms with van der Waals surface area (Å²) in [6.45, 7) is 2.17. The molecule has 0 bridgehead atoms. The number of primary amides is 1. The maximum atomic E-state index is 12.4. The molecule has 1 amide bonds. The first-order chi connectivity index (χ1) is 12.6. The third kappa shape index (κ3) is 5.25. The molecule has 0 saturated heterocycles. The molecule has 4 nitrogen and oxygen atoms in total. The molecular weight excluding hydrogens is 393 g/mol. The molecular formula is C22H31Cl2N3O. The van der Waals surface area contributed by atoms with Gasteiger partial charge in [0.05, 0.1) is 5.41 Å². The molecule has 1 aromatic heterocycles. The predicted molar refractivity (Wildman–Crippen MR) is 120 cm³/mol. The van der Waals surface area contributed by atoms with Gasteiger partial charge in [0.25, 0.3) is 0 Å². The second-order valence-electron chi connectivity index (χ2n) is 7.46. The summed E-state index contributed by atoms with van der Waals surface area (Å²) >= 11 is 0. The first-order valence-electron chi connectivity index (χ1n) is 9.57. The van der Waals surface area contributed by atoms with E-state index in [4.69, 9.17) is 5.73 Å². The van der Waals surface area contributed by atoms with Gasteiger partial charge in [0, 0.05) is 18.4 Å². The van der Waals surface area contributed by atoms with Gasteiger partial charge in [-0.05, 0) is 80.0 Å². The number of rotatable bonds is 6. The predicted octanol–water partition coefficient (Wildman–Crippen LogP) is 4.33. The second kappa shape index (κ2) is 10.8. The standard InChI is InChI=1S/C22H29N3O.2ClH/c1-3-16-4-5-18(17-8-12-25-13-9-17)14-19(16)15-22(21(23)26)10-6-20(24-2)7-11-22;;/h4-5,8-9,12-14,20,24H,3,6-7,10-11,15H2,1-2H3,(H2,23,26);2*1H. The second-order valence-corrected chi connectivity index (χ2v) is 7.46. The van der Waals surface area contributed by atoms with Crippen molar-refractivity contribution >= 4 is 30.7 Å². The quantitative estimate of drug-likeness (QED) is 0.725. The molecule has 3 rings (SSSR count). The van der Waals surface area contributed by atoms with Crippen LogP contribution in [0.15, 0.2) is 42.7 Å². The summed E-state index contributed by atoms with van der Waals surface area (Å²) in [5.41, 5.74) is 10.4. The van der Waals surface area contributed by atoms with Crippen molar-refractivity contribution < 1.29 is 4.79 Å². The number of hydrogen-bond donors (Lipinski definition) is 2. The highest BCUT2D eigenvalue weighted by Gasteiger charge is 2.40. The summed E-state index contributed by atoms with van der Waals surface area (Å²) in [5.74, 6) is -0.150. The van der Waals surface area contributed by atoms with Crippen LogP contribution in [0.3, 0.4) is 0 Å². The van der Waals surface area contributed by atoms with E-state index in [1.165, 1.54) is 16.7 Å². The smallest absolute Gasteiger partial charge is 0.223 e. The Morgan fingerprint density at radius 1 is 1.11 bits per heavy atom. The molecule has 1 aliphatic carbocycles. The summed E-state index contributed by atoms with van der Waals surface area (Å²) in [4.78, 5) is 16.5. The fourth-order valence-electron chi connectivity index (χ4n) is 4.19. The highest BCUT2D eigenvalue weighted by Crippen LogP contribution is 2.40. The lowest BCUT2D eigenvalue weighted by Gasteiger charge is -2.38. The molecule has 154 valence electrons. The molecule has 0 spiro atoms. The number of nitrogens with zero attached hydrogens (tertiary/aromatic N) is 1. The maximum absolute atomic E-state index is 12.4. The van der Waals surface area contributed by atoms with Crippen LogP contribution in [0.25, 0.3) is 11.1 Å². The molecule has 0 aliphatic heterocycles. The Labute approximate surface area is 180 Å². The Hall–Kier alpha value is -1.62. The summed E-state index contributed by atoms with van der Waals surface area (Å²) in [7, 11) is 2.00. The topological polar surface area (TPSA) is 68.0 Å². The largest absolute Gasteiger partial charge is 0.369 e. The molecule has 1 saturated carbocycles. The van der Waals surface area contributed by atoms with E-state index >= 15 is 0 Å². The summed E-state index contributed by atoms with van der Waals surface area (Å²) in [5, 5.41) is 3.34. The Kier molecular flexibility index (Phi) is 9.42. The van der Waals surface area contributed by atoms with Crippen LogP contribution in [0.2, 0.25) is 0 Å². The minimum atomic E-state index is -0.422. The van der Waals surface area contributed by atoms with Gasteiger partial charge in [0.15, 0.2) is 0 Å². The third-order valence-corrected chi connectivity index (χ3v) is 6.00. The fraction of sp³-hybridized carbons (Fsp3) is 0.455. The van der Waals surface area contributed by atoms with Crippen molar-refractivity contribution in [3.8, 4) is 11.1 Å². The Morgan fingerprint density at radius 2 is 1.75 bits per heavy atom. The van der Waals surface area contributed by atoms with Crippen LogP contribution >= 0.6 is 24.8 Å². The minimum Gasteiger partial charge on any atom is -0.369 e. The molecule has 3 N–H and O–H groups in total. The number of halogens is 2. The molecule has 1 fully saturated rings. The highest BCUT2D eigenvalue weighted by molar-refractivity contribution is 5.85. The lowest BCUT2D eigenvalue weighted by Crippen LogP contribution is -2.45. The zero-order chi connectivity index (χ0) is 18.6. The van der Waals surface area contributed by atoms with E-state index in [9.17, 15) is 4.79 Å². The lowest BCUT2D eigenvalue weighted by molar-refractivity contribution is -0.129. The van der Waals surface area contributed by atoms with Gasteiger partial charge in [0.2, 0.25) is 5.91 Å². The van der Waals surface area contributed by atoms with Gasteiger partial charge < -0.3 is 11.1 Å². The molecule has 1 aliphatic rings. The van der Waals surface area contributed by atoms with Crippen molar-refractivity contribution in [2.75, 3.05) is 7.05 Å². The van der Waals surface area contributed by atoms with E-state index in [0.29, 0.717) is 6.04 Å². The fourth-order valence-corrected chi connectivity index (χ4v) is 4.19. The van der Waals surface area contributed by atoms with Crippen LogP contribution < -0.4 is 11.1 Å². The molecule has 2 aromatic rings. The van der Waals surface area contributed by atoms with E-state index in [1.807, 2.05) is 31.6 Å². The number of amides is 1. The van der Waals surface area contributed by atoms with Crippen molar-refractivity contribution in [3.63, 3.8) is 0 Å². The number of aromatic nitrogens is 1. The van der Waals surface area contributed by atoms with Crippen LogP contribution in [-0.2, 0) is 17.6 Å². The SMILES string of the molecule is CCc1ccc(-c2ccncc2)cc1CC1(C(N)=O)CCC(NC)CC1.Cl.Cl. The number of carbonyl (C=O) groups is 1. The molecule has 6 heteroatoms. The normalized spacial score (nSPS) is 21.3. The zero-order valence-electron chi connectivity index (χ0n) is 16.6. The van der Waals surface area contributed by atoms with Crippen molar-refractivity contribution in [2.45, 2.75) is 51.5 Å². The third-order valence-electron chi connectivity index (χ3n) is 6.00. The van der Waals surface area contributed by atoms with Crippen molar-refractivity contribution in [3.05, 3.63) is 53.9 Å². The van der Waals surface area contributed by atoms with Gasteiger partial charge in [-0.15, -0.1) is 24.8 Å². The van der Waals surface area contributed by atoms with Crippen LogP contribution in [0.1, 0.15) is 43.7 Å². The van der Waals surface area contributed by atoms with E-state index in [1.54, 1.807) is 0 Å². The lowest BCUT2D eigenvalue weighted by atomic mass is 9.68.